The van der Waals surface area contributed by atoms with Crippen molar-refractivity contribution in [3.8, 4) is 0 Å². The summed E-state index contributed by atoms with van der Waals surface area (Å²) < 4.78 is 54.1. The van der Waals surface area contributed by atoms with Crippen molar-refractivity contribution in [2.45, 2.75) is 38.0 Å². The molecule has 0 aliphatic carbocycles. The number of benzene rings is 2. The molecule has 0 bridgehead atoms. The summed E-state index contributed by atoms with van der Waals surface area (Å²) >= 11 is 0. The van der Waals surface area contributed by atoms with Gasteiger partial charge in [-0.3, -0.25) is 4.98 Å². The lowest BCUT2D eigenvalue weighted by Crippen LogP contribution is -2.41. The maximum Gasteiger partial charge on any atom is 0.419 e. The molecule has 176 valence electrons. The molecule has 1 N–H and O–H groups in total. The number of halogens is 4. The zero-order valence-electron chi connectivity index (χ0n) is 19.0. The summed E-state index contributed by atoms with van der Waals surface area (Å²) in [5.74, 6) is -1.24. The Morgan fingerprint density at radius 1 is 1.09 bits per heavy atom. The lowest BCUT2D eigenvalue weighted by molar-refractivity contribution is -0.140. The maximum absolute atomic E-state index is 14.6. The lowest BCUT2D eigenvalue weighted by atomic mass is 10.0. The number of fused-ring (bicyclic) bond motifs is 1. The lowest BCUT2D eigenvalue weighted by Gasteiger charge is -2.36. The average Bonchev–Trinajstić information content (AvgIpc) is 2.78. The molecule has 0 amide bonds. The topological polar surface area (TPSA) is 31.4 Å². The van der Waals surface area contributed by atoms with Crippen molar-refractivity contribution in [2.24, 2.45) is 0 Å². The number of rotatable bonds is 5. The molecule has 8 heteroatoms. The van der Waals surface area contributed by atoms with Crippen molar-refractivity contribution in [3.63, 3.8) is 0 Å². The fraction of sp³-hybridized carbons (Fsp3) is 0.400. The predicted octanol–water partition coefficient (Wildman–Crippen LogP) is 6.10. The van der Waals surface area contributed by atoms with E-state index >= 15 is 0 Å². The summed E-state index contributed by atoms with van der Waals surface area (Å²) in [4.78, 5) is 9.02. The molecule has 1 aromatic heterocycles. The molecule has 1 aliphatic rings. The second kappa shape index (κ2) is 9.17. The first-order chi connectivity index (χ1) is 15.6. The van der Waals surface area contributed by atoms with Gasteiger partial charge in [0, 0.05) is 47.7 Å². The van der Waals surface area contributed by atoms with E-state index in [-0.39, 0.29) is 5.56 Å². The normalized spacial score (nSPS) is 16.4. The molecule has 1 aliphatic heterocycles. The molecule has 2 heterocycles. The second-order valence-electron chi connectivity index (χ2n) is 8.81. The van der Waals surface area contributed by atoms with Gasteiger partial charge >= 0.3 is 6.18 Å². The van der Waals surface area contributed by atoms with E-state index < -0.39 is 23.6 Å². The Kier molecular flexibility index (Phi) is 6.47. The zero-order chi connectivity index (χ0) is 23.8. The van der Waals surface area contributed by atoms with Crippen LogP contribution in [0.3, 0.4) is 0 Å². The van der Waals surface area contributed by atoms with Gasteiger partial charge in [0.1, 0.15) is 5.82 Å². The number of hydrogen-bond donors (Lipinski definition) is 1. The van der Waals surface area contributed by atoms with Crippen molar-refractivity contribution in [1.82, 2.24) is 9.88 Å². The van der Waals surface area contributed by atoms with E-state index in [0.29, 0.717) is 11.7 Å². The third-order valence-electron chi connectivity index (χ3n) is 6.46. The standard InChI is InChI=1S/C25H28F4N4/c1-16(19-5-4-6-21(24(19)26)25(27,28)29)31-23-9-12-30-22-8-7-18(15-20(22)23)33-13-10-17(11-14-33)32(2)3/h4-9,12,15-17H,10-11,13-14H2,1-3H3,(H,30,31)/t16-/m1/s1. The highest BCUT2D eigenvalue weighted by atomic mass is 19.4. The van der Waals surface area contributed by atoms with Crippen LogP contribution in [0.2, 0.25) is 0 Å². The molecule has 0 unspecified atom stereocenters. The Hall–Kier alpha value is -2.87. The quantitative estimate of drug-likeness (QED) is 0.467. The van der Waals surface area contributed by atoms with Crippen LogP contribution in [0.4, 0.5) is 28.9 Å². The molecule has 4 nitrogen and oxygen atoms in total. The minimum atomic E-state index is -4.74. The molecular weight excluding hydrogens is 432 g/mol. The van der Waals surface area contributed by atoms with Crippen molar-refractivity contribution in [3.05, 3.63) is 65.6 Å². The highest BCUT2D eigenvalue weighted by Crippen LogP contribution is 2.36. The van der Waals surface area contributed by atoms with Crippen molar-refractivity contribution < 1.29 is 17.6 Å². The number of pyridine rings is 1. The van der Waals surface area contributed by atoms with Crippen LogP contribution >= 0.6 is 0 Å². The van der Waals surface area contributed by atoms with Gasteiger partial charge in [0.25, 0.3) is 0 Å². The van der Waals surface area contributed by atoms with E-state index in [4.69, 9.17) is 0 Å². The Morgan fingerprint density at radius 3 is 2.48 bits per heavy atom. The van der Waals surface area contributed by atoms with E-state index in [1.165, 1.54) is 12.1 Å². The van der Waals surface area contributed by atoms with Crippen molar-refractivity contribution in [2.75, 3.05) is 37.4 Å². The summed E-state index contributed by atoms with van der Waals surface area (Å²) in [6.07, 6.45) is -0.940. The van der Waals surface area contributed by atoms with Crippen LogP contribution in [0, 0.1) is 5.82 Å². The molecule has 0 radical (unpaired) electrons. The molecule has 2 aromatic carbocycles. The number of alkyl halides is 3. The van der Waals surface area contributed by atoms with Gasteiger partial charge in [-0.15, -0.1) is 0 Å². The van der Waals surface area contributed by atoms with Crippen LogP contribution in [0.25, 0.3) is 10.9 Å². The molecule has 0 spiro atoms. The van der Waals surface area contributed by atoms with E-state index in [9.17, 15) is 17.6 Å². The third kappa shape index (κ3) is 4.90. The van der Waals surface area contributed by atoms with Gasteiger partial charge in [-0.2, -0.15) is 13.2 Å². The van der Waals surface area contributed by atoms with Gasteiger partial charge in [-0.1, -0.05) is 12.1 Å². The van der Waals surface area contributed by atoms with Crippen LogP contribution in [-0.4, -0.2) is 43.1 Å². The van der Waals surface area contributed by atoms with Gasteiger partial charge in [-0.05, 0) is 64.2 Å². The highest BCUT2D eigenvalue weighted by molar-refractivity contribution is 5.93. The third-order valence-corrected chi connectivity index (χ3v) is 6.46. The Bertz CT molecular complexity index is 1120. The first-order valence-electron chi connectivity index (χ1n) is 11.1. The maximum atomic E-state index is 14.6. The number of aromatic nitrogens is 1. The summed E-state index contributed by atoms with van der Waals surface area (Å²) in [7, 11) is 4.21. The van der Waals surface area contributed by atoms with Crippen LogP contribution in [-0.2, 0) is 6.18 Å². The smallest absolute Gasteiger partial charge is 0.378 e. The van der Waals surface area contributed by atoms with Crippen LogP contribution < -0.4 is 10.2 Å². The van der Waals surface area contributed by atoms with Gasteiger partial charge in [0.15, 0.2) is 0 Å². The fourth-order valence-electron chi connectivity index (χ4n) is 4.51. The van der Waals surface area contributed by atoms with Gasteiger partial charge < -0.3 is 15.1 Å². The summed E-state index contributed by atoms with van der Waals surface area (Å²) in [6.45, 7) is 3.55. The SMILES string of the molecule is C[C@@H](Nc1ccnc2ccc(N3CCC(N(C)C)CC3)cc12)c1cccc(C(F)(F)F)c1F. The Labute approximate surface area is 191 Å². The zero-order valence-corrected chi connectivity index (χ0v) is 19.0. The van der Waals surface area contributed by atoms with Crippen LogP contribution in [0.5, 0.6) is 0 Å². The van der Waals surface area contributed by atoms with Crippen LogP contribution in [0.1, 0.15) is 36.9 Å². The van der Waals surface area contributed by atoms with E-state index in [1.54, 1.807) is 19.2 Å². The first kappa shape index (κ1) is 23.3. The minimum absolute atomic E-state index is 0.0308. The number of piperidine rings is 1. The molecular formula is C25H28F4N4. The molecule has 3 aromatic rings. The van der Waals surface area contributed by atoms with E-state index in [2.05, 4.69) is 40.3 Å². The molecule has 1 fully saturated rings. The van der Waals surface area contributed by atoms with Gasteiger partial charge in [-0.25, -0.2) is 4.39 Å². The highest BCUT2D eigenvalue weighted by Gasteiger charge is 2.35. The number of nitrogens with zero attached hydrogens (tertiary/aromatic N) is 3. The number of hydrogen-bond acceptors (Lipinski definition) is 4. The number of anilines is 2. The molecule has 0 saturated carbocycles. The second-order valence-corrected chi connectivity index (χ2v) is 8.81. The summed E-state index contributed by atoms with van der Waals surface area (Å²) in [6, 6.07) is 11.1. The van der Waals surface area contributed by atoms with Gasteiger partial charge in [0.2, 0.25) is 0 Å². The van der Waals surface area contributed by atoms with Crippen molar-refractivity contribution in [1.29, 1.82) is 0 Å². The molecule has 4 rings (SSSR count). The molecule has 1 saturated heterocycles. The van der Waals surface area contributed by atoms with Crippen LogP contribution in [0.15, 0.2) is 48.7 Å². The summed E-state index contributed by atoms with van der Waals surface area (Å²) in [5, 5.41) is 4.05. The van der Waals surface area contributed by atoms with Gasteiger partial charge in [0.05, 0.1) is 17.1 Å². The van der Waals surface area contributed by atoms with Crippen molar-refractivity contribution >= 4 is 22.3 Å². The summed E-state index contributed by atoms with van der Waals surface area (Å²) in [5.41, 5.74) is 1.26. The average molecular weight is 461 g/mol. The number of nitrogens with one attached hydrogen (secondary N) is 1. The Morgan fingerprint density at radius 2 is 1.82 bits per heavy atom. The predicted molar refractivity (Wildman–Crippen MR) is 124 cm³/mol. The van der Waals surface area contributed by atoms with E-state index in [0.717, 1.165) is 48.6 Å². The fourth-order valence-corrected chi connectivity index (χ4v) is 4.51. The Balaban J connectivity index is 1.61. The molecule has 33 heavy (non-hydrogen) atoms. The minimum Gasteiger partial charge on any atom is -0.378 e. The molecule has 1 atom stereocenters. The van der Waals surface area contributed by atoms with E-state index in [1.807, 2.05) is 12.1 Å². The first-order valence-corrected chi connectivity index (χ1v) is 11.1. The largest absolute Gasteiger partial charge is 0.419 e. The monoisotopic (exact) mass is 460 g/mol.